The van der Waals surface area contributed by atoms with Gasteiger partial charge < -0.3 is 9.64 Å². The first-order valence-electron chi connectivity index (χ1n) is 9.07. The highest BCUT2D eigenvalue weighted by molar-refractivity contribution is 7.19. The normalized spacial score (nSPS) is 11.2. The molecule has 0 saturated heterocycles. The van der Waals surface area contributed by atoms with Gasteiger partial charge in [-0.2, -0.15) is 0 Å². The van der Waals surface area contributed by atoms with Gasteiger partial charge in [-0.1, -0.05) is 42.5 Å². The predicted octanol–water partition coefficient (Wildman–Crippen LogP) is 4.29. The molecular formula is C22H22N2O3S. The maximum atomic E-state index is 12.5. The van der Waals surface area contributed by atoms with E-state index in [9.17, 15) is 9.59 Å². The van der Waals surface area contributed by atoms with Crippen molar-refractivity contribution < 1.29 is 14.3 Å². The molecule has 5 nitrogen and oxygen atoms in total. The number of para-hydroxylation sites is 1. The number of hydrogen-bond acceptors (Lipinski definition) is 5. The summed E-state index contributed by atoms with van der Waals surface area (Å²) in [5.74, 6) is -0.781. The van der Waals surface area contributed by atoms with E-state index in [2.05, 4.69) is 4.98 Å². The van der Waals surface area contributed by atoms with Crippen molar-refractivity contribution in [1.29, 1.82) is 0 Å². The van der Waals surface area contributed by atoms with Gasteiger partial charge in [0, 0.05) is 18.7 Å². The fourth-order valence-electron chi connectivity index (χ4n) is 2.70. The molecule has 0 spiro atoms. The number of esters is 1. The fraction of sp³-hybridized carbons (Fsp3) is 0.227. The van der Waals surface area contributed by atoms with E-state index in [-0.39, 0.29) is 18.6 Å². The minimum atomic E-state index is -0.559. The lowest BCUT2D eigenvalue weighted by molar-refractivity contribution is -0.149. The largest absolute Gasteiger partial charge is 0.452 e. The predicted molar refractivity (Wildman–Crippen MR) is 112 cm³/mol. The number of hydrogen-bond donors (Lipinski definition) is 0. The molecule has 2 aromatic carbocycles. The lowest BCUT2D eigenvalue weighted by Gasteiger charge is -2.26. The van der Waals surface area contributed by atoms with Gasteiger partial charge in [-0.15, -0.1) is 11.3 Å². The summed E-state index contributed by atoms with van der Waals surface area (Å²) >= 11 is 1.49. The average molecular weight is 394 g/mol. The second-order valence-corrected chi connectivity index (χ2v) is 7.62. The summed E-state index contributed by atoms with van der Waals surface area (Å²) in [5.41, 5.74) is 1.93. The van der Waals surface area contributed by atoms with Crippen molar-refractivity contribution >= 4 is 39.5 Å². The molecule has 1 amide bonds. The summed E-state index contributed by atoms with van der Waals surface area (Å²) in [6, 6.07) is 17.5. The Bertz CT molecular complexity index is 947. The Morgan fingerprint density at radius 2 is 1.82 bits per heavy atom. The van der Waals surface area contributed by atoms with Gasteiger partial charge in [0.1, 0.15) is 5.01 Å². The molecule has 0 fully saturated rings. The van der Waals surface area contributed by atoms with Crippen LogP contribution in [0.5, 0.6) is 0 Å². The molecule has 3 aromatic rings. The average Bonchev–Trinajstić information content (AvgIpc) is 3.12. The Hall–Kier alpha value is -2.99. The number of carbonyl (C=O) groups is 2. The Labute approximate surface area is 168 Å². The van der Waals surface area contributed by atoms with Gasteiger partial charge in [0.15, 0.2) is 6.61 Å². The van der Waals surface area contributed by atoms with Crippen LogP contribution in [-0.2, 0) is 20.9 Å². The molecule has 144 valence electrons. The van der Waals surface area contributed by atoms with Gasteiger partial charge in [-0.05, 0) is 37.6 Å². The van der Waals surface area contributed by atoms with E-state index in [1.165, 1.54) is 17.4 Å². The Balaban J connectivity index is 1.55. The molecule has 0 unspecified atom stereocenters. The van der Waals surface area contributed by atoms with Crippen LogP contribution in [0.4, 0.5) is 0 Å². The second kappa shape index (κ2) is 9.28. The summed E-state index contributed by atoms with van der Waals surface area (Å²) < 4.78 is 6.18. The maximum Gasteiger partial charge on any atom is 0.331 e. The Morgan fingerprint density at radius 1 is 1.11 bits per heavy atom. The van der Waals surface area contributed by atoms with E-state index in [0.717, 1.165) is 20.8 Å². The summed E-state index contributed by atoms with van der Waals surface area (Å²) in [5, 5.41) is 0.720. The van der Waals surface area contributed by atoms with Crippen LogP contribution in [0.3, 0.4) is 0 Å². The number of thiazole rings is 1. The van der Waals surface area contributed by atoms with E-state index >= 15 is 0 Å². The van der Waals surface area contributed by atoms with Crippen molar-refractivity contribution in [3.05, 3.63) is 71.2 Å². The van der Waals surface area contributed by atoms with Crippen LogP contribution in [-0.4, -0.2) is 34.4 Å². The number of aromatic nitrogens is 1. The van der Waals surface area contributed by atoms with Crippen LogP contribution >= 0.6 is 11.3 Å². The van der Waals surface area contributed by atoms with Gasteiger partial charge in [0.2, 0.25) is 0 Å². The van der Waals surface area contributed by atoms with E-state index in [0.29, 0.717) is 6.54 Å². The third-order valence-corrected chi connectivity index (χ3v) is 5.15. The smallest absolute Gasteiger partial charge is 0.331 e. The highest BCUT2D eigenvalue weighted by Crippen LogP contribution is 2.22. The molecule has 0 aliphatic carbocycles. The van der Waals surface area contributed by atoms with Crippen LogP contribution in [0.2, 0.25) is 0 Å². The molecular weight excluding hydrogens is 372 g/mol. The molecule has 6 heteroatoms. The number of ether oxygens (including phenoxy) is 1. The highest BCUT2D eigenvalue weighted by atomic mass is 32.1. The summed E-state index contributed by atoms with van der Waals surface area (Å²) in [7, 11) is 0. The van der Waals surface area contributed by atoms with Gasteiger partial charge in [0.25, 0.3) is 5.91 Å². The molecule has 3 rings (SSSR count). The second-order valence-electron chi connectivity index (χ2n) is 6.56. The Morgan fingerprint density at radius 3 is 2.54 bits per heavy atom. The number of fused-ring (bicyclic) bond motifs is 1. The number of nitrogens with zero attached hydrogens (tertiary/aromatic N) is 2. The fourth-order valence-corrected chi connectivity index (χ4v) is 3.57. The topological polar surface area (TPSA) is 59.5 Å². The van der Waals surface area contributed by atoms with Gasteiger partial charge in [0.05, 0.1) is 10.2 Å². The monoisotopic (exact) mass is 394 g/mol. The van der Waals surface area contributed by atoms with E-state index in [1.54, 1.807) is 11.0 Å². The first-order valence-corrected chi connectivity index (χ1v) is 9.88. The van der Waals surface area contributed by atoms with Gasteiger partial charge >= 0.3 is 5.97 Å². The van der Waals surface area contributed by atoms with Crippen molar-refractivity contribution in [2.45, 2.75) is 26.4 Å². The van der Waals surface area contributed by atoms with Crippen LogP contribution in [0, 0.1) is 0 Å². The summed E-state index contributed by atoms with van der Waals surface area (Å²) in [6.07, 6.45) is 2.92. The Kier molecular flexibility index (Phi) is 6.55. The third kappa shape index (κ3) is 5.27. The molecule has 0 N–H and O–H groups in total. The standard InChI is InChI=1S/C22H22N2O3S/c1-16(2)24(14-17-8-4-3-5-9-17)21(25)15-27-22(26)13-12-20-23-18-10-6-7-11-19(18)28-20/h3-13,16H,14-15H2,1-2H3/b13-12+. The van der Waals surface area contributed by atoms with Crippen molar-refractivity contribution in [3.8, 4) is 0 Å². The molecule has 0 atom stereocenters. The number of amides is 1. The van der Waals surface area contributed by atoms with Gasteiger partial charge in [-0.25, -0.2) is 9.78 Å². The molecule has 0 aliphatic heterocycles. The minimum Gasteiger partial charge on any atom is -0.452 e. The molecule has 1 aromatic heterocycles. The SMILES string of the molecule is CC(C)N(Cc1ccccc1)C(=O)COC(=O)/C=C/c1nc2ccccc2s1. The van der Waals surface area contributed by atoms with E-state index in [1.807, 2.05) is 68.4 Å². The molecule has 28 heavy (non-hydrogen) atoms. The van der Waals surface area contributed by atoms with Crippen molar-refractivity contribution in [2.24, 2.45) is 0 Å². The summed E-state index contributed by atoms with van der Waals surface area (Å²) in [4.78, 5) is 30.6. The number of carbonyl (C=O) groups excluding carboxylic acids is 2. The van der Waals surface area contributed by atoms with E-state index in [4.69, 9.17) is 4.74 Å². The van der Waals surface area contributed by atoms with Crippen LogP contribution in [0.25, 0.3) is 16.3 Å². The molecule has 0 radical (unpaired) electrons. The lowest BCUT2D eigenvalue weighted by Crippen LogP contribution is -2.39. The zero-order valence-electron chi connectivity index (χ0n) is 15.9. The first kappa shape index (κ1) is 19.8. The van der Waals surface area contributed by atoms with Crippen molar-refractivity contribution in [2.75, 3.05) is 6.61 Å². The van der Waals surface area contributed by atoms with Crippen LogP contribution < -0.4 is 0 Å². The first-order chi connectivity index (χ1) is 13.5. The quantitative estimate of drug-likeness (QED) is 0.443. The molecule has 0 aliphatic rings. The zero-order valence-corrected chi connectivity index (χ0v) is 16.7. The van der Waals surface area contributed by atoms with Gasteiger partial charge in [-0.3, -0.25) is 4.79 Å². The zero-order chi connectivity index (χ0) is 19.9. The van der Waals surface area contributed by atoms with Crippen LogP contribution in [0.15, 0.2) is 60.7 Å². The lowest BCUT2D eigenvalue weighted by atomic mass is 10.2. The maximum absolute atomic E-state index is 12.5. The minimum absolute atomic E-state index is 0.00435. The molecule has 0 bridgehead atoms. The summed E-state index contributed by atoms with van der Waals surface area (Å²) in [6.45, 7) is 4.08. The highest BCUT2D eigenvalue weighted by Gasteiger charge is 2.18. The van der Waals surface area contributed by atoms with Crippen molar-refractivity contribution in [1.82, 2.24) is 9.88 Å². The van der Waals surface area contributed by atoms with E-state index < -0.39 is 5.97 Å². The number of rotatable bonds is 7. The number of benzene rings is 2. The van der Waals surface area contributed by atoms with Crippen LogP contribution in [0.1, 0.15) is 24.4 Å². The molecule has 0 saturated carbocycles. The molecule has 1 heterocycles. The third-order valence-electron chi connectivity index (χ3n) is 4.15. The van der Waals surface area contributed by atoms with Crippen molar-refractivity contribution in [3.63, 3.8) is 0 Å².